The second kappa shape index (κ2) is 2.59. The Labute approximate surface area is 72.8 Å². The Bertz CT molecular complexity index is 273. The monoisotopic (exact) mass is 165 g/mol. The first-order valence-electron chi connectivity index (χ1n) is 3.81. The van der Waals surface area contributed by atoms with E-state index in [4.69, 9.17) is 0 Å². The molecular weight excluding hydrogens is 150 g/mol. The van der Waals surface area contributed by atoms with Gasteiger partial charge in [0, 0.05) is 14.1 Å². The average Bonchev–Trinajstić information content (AvgIpc) is 2.67. The Morgan fingerprint density at radius 1 is 0.917 bits per heavy atom. The van der Waals surface area contributed by atoms with Crippen LogP contribution in [-0.2, 0) is 19.6 Å². The highest BCUT2D eigenvalue weighted by Gasteiger charge is 2.29. The lowest BCUT2D eigenvalue weighted by Crippen LogP contribution is -2.23. The molecule has 0 radical (unpaired) electrons. The number of allylic oxidation sites excluding steroid dienone is 3. The van der Waals surface area contributed by atoms with Gasteiger partial charge in [0.15, 0.2) is 0 Å². The van der Waals surface area contributed by atoms with Gasteiger partial charge in [-0.05, 0) is 0 Å². The predicted octanol–water partition coefficient (Wildman–Crippen LogP) is 1.42. The summed E-state index contributed by atoms with van der Waals surface area (Å²) in [5.74, 6) is 0. The fourth-order valence-electron chi connectivity index (χ4n) is 1.28. The molecule has 0 aliphatic heterocycles. The second-order valence-electron chi connectivity index (χ2n) is 2.77. The zero-order valence-corrected chi connectivity index (χ0v) is 7.70. The molecule has 1 aromatic heterocycles. The Balaban J connectivity index is 3.11. The summed E-state index contributed by atoms with van der Waals surface area (Å²) in [6, 6.07) is 0. The lowest BCUT2D eigenvalue weighted by Gasteiger charge is -2.17. The van der Waals surface area contributed by atoms with Crippen LogP contribution in [0.15, 0.2) is 38.0 Å². The third-order valence-electron chi connectivity index (χ3n) is 2.26. The highest BCUT2D eigenvalue weighted by molar-refractivity contribution is 5.20. The van der Waals surface area contributed by atoms with Crippen molar-refractivity contribution in [1.82, 2.24) is 14.4 Å². The molecule has 0 N–H and O–H groups in total. The summed E-state index contributed by atoms with van der Waals surface area (Å²) in [6.45, 7) is 11.3. The van der Waals surface area contributed by atoms with Gasteiger partial charge in [-0.3, -0.25) is 0 Å². The maximum Gasteiger partial charge on any atom is 0.135 e. The van der Waals surface area contributed by atoms with E-state index in [0.717, 1.165) is 0 Å². The predicted molar refractivity (Wildman–Crippen MR) is 50.9 cm³/mol. The number of aromatic nitrogens is 3. The number of rotatable bonds is 4. The molecule has 0 aromatic carbocycles. The van der Waals surface area contributed by atoms with Gasteiger partial charge in [-0.1, -0.05) is 38.0 Å². The minimum atomic E-state index is -0.344. The molecule has 1 rings (SSSR count). The molecule has 66 valence electrons. The van der Waals surface area contributed by atoms with Crippen LogP contribution in [0.25, 0.3) is 0 Å². The van der Waals surface area contributed by atoms with Crippen LogP contribution in [0.5, 0.6) is 0 Å². The Hall–Kier alpha value is -1.38. The molecule has 0 amide bonds. The summed E-state index contributed by atoms with van der Waals surface area (Å²) in [6.07, 6.45) is 5.44. The van der Waals surface area contributed by atoms with Crippen molar-refractivity contribution in [2.24, 2.45) is 14.1 Å². The van der Waals surface area contributed by atoms with Gasteiger partial charge in [-0.15, -0.1) is 0 Å². The van der Waals surface area contributed by atoms with Crippen LogP contribution >= 0.6 is 0 Å². The molecule has 0 spiro atoms. The van der Waals surface area contributed by atoms with Crippen molar-refractivity contribution >= 4 is 0 Å². The van der Waals surface area contributed by atoms with Crippen molar-refractivity contribution in [3.63, 3.8) is 0 Å². The van der Waals surface area contributed by atoms with Crippen LogP contribution in [0, 0.1) is 0 Å². The zero-order valence-electron chi connectivity index (χ0n) is 7.70. The standard InChI is InChI=1S/C9H15N3/c1-6-9(7-2,8-3)12-10(4)11(12)5/h6-8H,1-3H2,4-5H3. The molecule has 0 aliphatic rings. The van der Waals surface area contributed by atoms with Gasteiger partial charge in [0.2, 0.25) is 0 Å². The lowest BCUT2D eigenvalue weighted by molar-refractivity contribution is 0.521. The quantitative estimate of drug-likeness (QED) is 0.599. The molecule has 0 bridgehead atoms. The maximum absolute atomic E-state index is 3.77. The molecule has 0 unspecified atom stereocenters. The molecule has 3 nitrogen and oxygen atoms in total. The van der Waals surface area contributed by atoms with Crippen molar-refractivity contribution in [2.45, 2.75) is 5.54 Å². The molecule has 12 heavy (non-hydrogen) atoms. The highest BCUT2D eigenvalue weighted by atomic mass is 15.9. The van der Waals surface area contributed by atoms with E-state index in [1.807, 2.05) is 46.7 Å². The summed E-state index contributed by atoms with van der Waals surface area (Å²) in [7, 11) is 3.93. The van der Waals surface area contributed by atoms with Gasteiger partial charge >= 0.3 is 0 Å². The van der Waals surface area contributed by atoms with E-state index in [9.17, 15) is 0 Å². The third-order valence-corrected chi connectivity index (χ3v) is 2.26. The van der Waals surface area contributed by atoms with E-state index in [1.54, 1.807) is 0 Å². The van der Waals surface area contributed by atoms with E-state index < -0.39 is 0 Å². The van der Waals surface area contributed by atoms with Crippen LogP contribution in [0.1, 0.15) is 0 Å². The van der Waals surface area contributed by atoms with E-state index >= 15 is 0 Å². The van der Waals surface area contributed by atoms with Crippen molar-refractivity contribution in [3.8, 4) is 0 Å². The Morgan fingerprint density at radius 3 is 1.33 bits per heavy atom. The van der Waals surface area contributed by atoms with E-state index in [2.05, 4.69) is 19.7 Å². The van der Waals surface area contributed by atoms with Gasteiger partial charge in [0.25, 0.3) is 0 Å². The Kier molecular flexibility index (Phi) is 1.88. The molecule has 1 aromatic rings. The van der Waals surface area contributed by atoms with Gasteiger partial charge in [0.1, 0.15) is 5.54 Å². The minimum Gasteiger partial charge on any atom is -0.196 e. The van der Waals surface area contributed by atoms with Gasteiger partial charge in [-0.25, -0.2) is 0 Å². The largest absolute Gasteiger partial charge is 0.196 e. The normalized spacial score (nSPS) is 11.5. The summed E-state index contributed by atoms with van der Waals surface area (Å²) >= 11 is 0. The molecule has 1 heterocycles. The van der Waals surface area contributed by atoms with Gasteiger partial charge in [0.05, 0.1) is 0 Å². The Morgan fingerprint density at radius 2 is 1.25 bits per heavy atom. The first-order chi connectivity index (χ1) is 5.63. The molecule has 3 heteroatoms. The van der Waals surface area contributed by atoms with E-state index in [1.165, 1.54) is 0 Å². The fraction of sp³-hybridized carbons (Fsp3) is 0.333. The summed E-state index contributed by atoms with van der Waals surface area (Å²) in [5.41, 5.74) is -0.344. The molecule has 0 aliphatic carbocycles. The maximum atomic E-state index is 3.77. The van der Waals surface area contributed by atoms with Crippen molar-refractivity contribution < 1.29 is 0 Å². The molecule has 0 saturated carbocycles. The second-order valence-corrected chi connectivity index (χ2v) is 2.77. The summed E-state index contributed by atoms with van der Waals surface area (Å²) < 4.78 is 0. The summed E-state index contributed by atoms with van der Waals surface area (Å²) in [4.78, 5) is 5.93. The fourth-order valence-corrected chi connectivity index (χ4v) is 1.28. The first kappa shape index (κ1) is 8.71. The van der Waals surface area contributed by atoms with Crippen LogP contribution in [-0.4, -0.2) is 14.4 Å². The zero-order chi connectivity index (χ0) is 9.35. The van der Waals surface area contributed by atoms with E-state index in [0.29, 0.717) is 0 Å². The molecule has 0 atom stereocenters. The van der Waals surface area contributed by atoms with Crippen molar-refractivity contribution in [1.29, 1.82) is 0 Å². The molecular formula is C9H15N3. The minimum absolute atomic E-state index is 0.344. The van der Waals surface area contributed by atoms with Crippen LogP contribution in [0.4, 0.5) is 0 Å². The van der Waals surface area contributed by atoms with Gasteiger partial charge < -0.3 is 0 Å². The third kappa shape index (κ3) is 0.897. The van der Waals surface area contributed by atoms with Gasteiger partial charge in [-0.2, -0.15) is 14.4 Å². The smallest absolute Gasteiger partial charge is 0.135 e. The molecule has 0 saturated heterocycles. The number of nitrogens with zero attached hydrogens (tertiary/aromatic N) is 3. The van der Waals surface area contributed by atoms with Crippen LogP contribution in [0.2, 0.25) is 0 Å². The number of hydrogen-bond acceptors (Lipinski definition) is 0. The topological polar surface area (TPSA) is 14.8 Å². The SMILES string of the molecule is C=CC(C=C)(C=C)n1n(C)n1C. The first-order valence-corrected chi connectivity index (χ1v) is 3.81. The highest BCUT2D eigenvalue weighted by Crippen LogP contribution is 2.22. The van der Waals surface area contributed by atoms with Crippen LogP contribution in [0.3, 0.4) is 0 Å². The van der Waals surface area contributed by atoms with Crippen LogP contribution < -0.4 is 0 Å². The molecule has 0 fully saturated rings. The van der Waals surface area contributed by atoms with Crippen molar-refractivity contribution in [3.05, 3.63) is 38.0 Å². The summed E-state index contributed by atoms with van der Waals surface area (Å²) in [5, 5.41) is 0. The van der Waals surface area contributed by atoms with Crippen molar-refractivity contribution in [2.75, 3.05) is 0 Å². The number of hydrogen-bond donors (Lipinski definition) is 0. The lowest BCUT2D eigenvalue weighted by atomic mass is 10.0. The van der Waals surface area contributed by atoms with E-state index in [-0.39, 0.29) is 5.54 Å². The average molecular weight is 165 g/mol.